The Kier molecular flexibility index (Phi) is 9.50. The first-order valence-electron chi connectivity index (χ1n) is 10.1. The van der Waals surface area contributed by atoms with Gasteiger partial charge in [-0.15, -0.1) is 0 Å². The number of amides is 2. The van der Waals surface area contributed by atoms with Gasteiger partial charge in [-0.2, -0.15) is 0 Å². The SMILES string of the molecule is COCCN(CCN[C@H]1CCC[C@H]1NC(=O)OC(C)(C)C)C(=O)OC(C)(C)C. The van der Waals surface area contributed by atoms with Crippen LogP contribution in [0.3, 0.4) is 0 Å². The molecule has 1 saturated carbocycles. The number of carbonyl (C=O) groups excluding carboxylic acids is 2. The Morgan fingerprint density at radius 1 is 0.964 bits per heavy atom. The molecule has 2 atom stereocenters. The second kappa shape index (κ2) is 10.9. The van der Waals surface area contributed by atoms with Crippen LogP contribution in [0.5, 0.6) is 0 Å². The van der Waals surface area contributed by atoms with Crippen molar-refractivity contribution in [3.8, 4) is 0 Å². The molecule has 164 valence electrons. The molecule has 1 rings (SSSR count). The van der Waals surface area contributed by atoms with E-state index in [1.54, 1.807) is 12.0 Å². The predicted octanol–water partition coefficient (Wildman–Crippen LogP) is 2.91. The molecule has 0 aromatic heterocycles. The van der Waals surface area contributed by atoms with Gasteiger partial charge in [0, 0.05) is 38.8 Å². The zero-order valence-electron chi connectivity index (χ0n) is 18.6. The highest BCUT2D eigenvalue weighted by atomic mass is 16.6. The standard InChI is InChI=1S/C20H39N3O5/c1-19(2,3)27-17(24)22-16-10-8-9-15(16)21-11-12-23(13-14-26-7)18(25)28-20(4,5)6/h15-16,21H,8-14H2,1-7H3,(H,22,24)/t15-,16+/m0/s1. The Labute approximate surface area is 169 Å². The Morgan fingerprint density at radius 2 is 1.57 bits per heavy atom. The van der Waals surface area contributed by atoms with Crippen LogP contribution in [-0.2, 0) is 14.2 Å². The van der Waals surface area contributed by atoms with Crippen molar-refractivity contribution in [2.75, 3.05) is 33.4 Å². The monoisotopic (exact) mass is 401 g/mol. The molecule has 8 heteroatoms. The summed E-state index contributed by atoms with van der Waals surface area (Å²) in [6.07, 6.45) is 2.20. The number of nitrogens with one attached hydrogen (secondary N) is 2. The Morgan fingerprint density at radius 3 is 2.14 bits per heavy atom. The second-order valence-electron chi connectivity index (χ2n) is 9.20. The average Bonchev–Trinajstić information content (AvgIpc) is 2.93. The Balaban J connectivity index is 2.50. The summed E-state index contributed by atoms with van der Waals surface area (Å²) in [6, 6.07) is 0.194. The summed E-state index contributed by atoms with van der Waals surface area (Å²) >= 11 is 0. The quantitative estimate of drug-likeness (QED) is 0.650. The van der Waals surface area contributed by atoms with E-state index in [0.29, 0.717) is 26.2 Å². The van der Waals surface area contributed by atoms with Gasteiger partial charge in [-0.25, -0.2) is 9.59 Å². The molecule has 0 bridgehead atoms. The van der Waals surface area contributed by atoms with Gasteiger partial charge < -0.3 is 29.7 Å². The lowest BCUT2D eigenvalue weighted by atomic mass is 10.1. The van der Waals surface area contributed by atoms with Crippen LogP contribution in [-0.4, -0.2) is 73.7 Å². The van der Waals surface area contributed by atoms with Gasteiger partial charge in [-0.05, 0) is 60.8 Å². The fourth-order valence-electron chi connectivity index (χ4n) is 3.04. The highest BCUT2D eigenvalue weighted by Gasteiger charge is 2.30. The third-order valence-corrected chi connectivity index (χ3v) is 4.22. The van der Waals surface area contributed by atoms with Crippen LogP contribution in [0.15, 0.2) is 0 Å². The van der Waals surface area contributed by atoms with Crippen LogP contribution >= 0.6 is 0 Å². The minimum Gasteiger partial charge on any atom is -0.444 e. The molecule has 0 unspecified atom stereocenters. The van der Waals surface area contributed by atoms with E-state index in [9.17, 15) is 9.59 Å². The summed E-state index contributed by atoms with van der Waals surface area (Å²) in [7, 11) is 1.61. The Bertz CT molecular complexity index is 499. The van der Waals surface area contributed by atoms with Gasteiger partial charge in [0.25, 0.3) is 0 Å². The molecule has 1 fully saturated rings. The van der Waals surface area contributed by atoms with Crippen molar-refractivity contribution in [3.05, 3.63) is 0 Å². The van der Waals surface area contributed by atoms with E-state index < -0.39 is 11.2 Å². The molecule has 8 nitrogen and oxygen atoms in total. The molecule has 0 aromatic carbocycles. The topological polar surface area (TPSA) is 89.1 Å². The van der Waals surface area contributed by atoms with Gasteiger partial charge >= 0.3 is 12.2 Å². The molecule has 2 amide bonds. The largest absolute Gasteiger partial charge is 0.444 e. The summed E-state index contributed by atoms with van der Waals surface area (Å²) < 4.78 is 15.9. The number of hydrogen-bond donors (Lipinski definition) is 2. The molecule has 0 spiro atoms. The lowest BCUT2D eigenvalue weighted by Gasteiger charge is -2.29. The number of methoxy groups -OCH3 is 1. The summed E-state index contributed by atoms with van der Waals surface area (Å²) in [4.78, 5) is 26.1. The van der Waals surface area contributed by atoms with E-state index >= 15 is 0 Å². The molecule has 28 heavy (non-hydrogen) atoms. The maximum Gasteiger partial charge on any atom is 0.410 e. The third-order valence-electron chi connectivity index (χ3n) is 4.22. The van der Waals surface area contributed by atoms with E-state index in [0.717, 1.165) is 19.3 Å². The molecule has 1 aliphatic rings. The van der Waals surface area contributed by atoms with Crippen LogP contribution < -0.4 is 10.6 Å². The van der Waals surface area contributed by atoms with Crippen molar-refractivity contribution in [2.45, 2.75) is 84.1 Å². The summed E-state index contributed by atoms with van der Waals surface area (Å²) in [5, 5.41) is 6.43. The molecule has 0 heterocycles. The molecule has 0 saturated heterocycles. The minimum absolute atomic E-state index is 0.0313. The average molecular weight is 402 g/mol. The number of nitrogens with zero attached hydrogens (tertiary/aromatic N) is 1. The predicted molar refractivity (Wildman–Crippen MR) is 108 cm³/mol. The highest BCUT2D eigenvalue weighted by Crippen LogP contribution is 2.20. The third kappa shape index (κ3) is 10.1. The number of rotatable bonds is 8. The van der Waals surface area contributed by atoms with E-state index in [1.165, 1.54) is 0 Å². The lowest BCUT2D eigenvalue weighted by Crippen LogP contribution is -2.50. The maximum atomic E-state index is 12.4. The van der Waals surface area contributed by atoms with Gasteiger partial charge in [0.05, 0.1) is 6.61 Å². The smallest absolute Gasteiger partial charge is 0.410 e. The molecule has 1 aliphatic carbocycles. The minimum atomic E-state index is -0.538. The molecule has 2 N–H and O–H groups in total. The van der Waals surface area contributed by atoms with Crippen molar-refractivity contribution >= 4 is 12.2 Å². The first kappa shape index (κ1) is 24.5. The molecular formula is C20H39N3O5. The van der Waals surface area contributed by atoms with Crippen LogP contribution in [0.4, 0.5) is 9.59 Å². The van der Waals surface area contributed by atoms with Gasteiger partial charge in [-0.3, -0.25) is 0 Å². The summed E-state index contributed by atoms with van der Waals surface area (Å²) in [5.41, 5.74) is -1.05. The zero-order valence-corrected chi connectivity index (χ0v) is 18.6. The fraction of sp³-hybridized carbons (Fsp3) is 0.900. The van der Waals surface area contributed by atoms with Crippen LogP contribution in [0.1, 0.15) is 60.8 Å². The van der Waals surface area contributed by atoms with Gasteiger partial charge in [0.2, 0.25) is 0 Å². The van der Waals surface area contributed by atoms with Crippen molar-refractivity contribution in [1.82, 2.24) is 15.5 Å². The van der Waals surface area contributed by atoms with Crippen molar-refractivity contribution in [1.29, 1.82) is 0 Å². The number of alkyl carbamates (subject to hydrolysis) is 1. The summed E-state index contributed by atoms with van der Waals surface area (Å²) in [5.74, 6) is 0. The van der Waals surface area contributed by atoms with E-state index in [4.69, 9.17) is 14.2 Å². The van der Waals surface area contributed by atoms with Crippen molar-refractivity contribution in [3.63, 3.8) is 0 Å². The first-order chi connectivity index (χ1) is 12.9. The second-order valence-corrected chi connectivity index (χ2v) is 9.20. The molecule has 0 radical (unpaired) electrons. The van der Waals surface area contributed by atoms with Gasteiger partial charge in [-0.1, -0.05) is 0 Å². The number of ether oxygens (including phenoxy) is 3. The number of carbonyl (C=O) groups is 2. The molecule has 0 aromatic rings. The Hall–Kier alpha value is -1.54. The van der Waals surface area contributed by atoms with Crippen LogP contribution in [0.2, 0.25) is 0 Å². The van der Waals surface area contributed by atoms with Gasteiger partial charge in [0.1, 0.15) is 11.2 Å². The normalized spacial score (nSPS) is 20.0. The fourth-order valence-corrected chi connectivity index (χ4v) is 3.04. The maximum absolute atomic E-state index is 12.4. The lowest BCUT2D eigenvalue weighted by molar-refractivity contribution is 0.0202. The van der Waals surface area contributed by atoms with Crippen LogP contribution in [0.25, 0.3) is 0 Å². The highest BCUT2D eigenvalue weighted by molar-refractivity contribution is 5.68. The molecular weight excluding hydrogens is 362 g/mol. The van der Waals surface area contributed by atoms with Crippen molar-refractivity contribution < 1.29 is 23.8 Å². The molecule has 0 aliphatic heterocycles. The van der Waals surface area contributed by atoms with Crippen LogP contribution in [0, 0.1) is 0 Å². The van der Waals surface area contributed by atoms with E-state index in [-0.39, 0.29) is 24.3 Å². The van der Waals surface area contributed by atoms with Gasteiger partial charge in [0.15, 0.2) is 0 Å². The van der Waals surface area contributed by atoms with E-state index in [1.807, 2.05) is 41.5 Å². The van der Waals surface area contributed by atoms with Crippen molar-refractivity contribution in [2.24, 2.45) is 0 Å². The van der Waals surface area contributed by atoms with E-state index in [2.05, 4.69) is 10.6 Å². The zero-order chi connectivity index (χ0) is 21.4. The number of hydrogen-bond acceptors (Lipinski definition) is 6. The summed E-state index contributed by atoms with van der Waals surface area (Å²) in [6.45, 7) is 13.1. The first-order valence-corrected chi connectivity index (χ1v) is 10.1.